The van der Waals surface area contributed by atoms with Gasteiger partial charge in [-0.25, -0.2) is 0 Å². The zero-order chi connectivity index (χ0) is 4.12. The second-order valence-electron chi connectivity index (χ2n) is 0.610. The van der Waals surface area contributed by atoms with Crippen LogP contribution in [0.5, 0.6) is 0 Å². The number of hydrogen-bond acceptors (Lipinski definition) is 1. The molecule has 0 aromatic carbocycles. The summed E-state index contributed by atoms with van der Waals surface area (Å²) < 4.78 is 4.39. The van der Waals surface area contributed by atoms with Gasteiger partial charge in [0.2, 0.25) is 0 Å². The molecule has 0 atom stereocenters. The average molecular weight is 133 g/mol. The summed E-state index contributed by atoms with van der Waals surface area (Å²) in [5.74, 6) is 2.05. The predicted octanol–water partition coefficient (Wildman–Crippen LogP) is 0.220. The van der Waals surface area contributed by atoms with Crippen molar-refractivity contribution in [2.75, 3.05) is 13.7 Å². The Hall–Kier alpha value is 0.0395. The maximum Gasteiger partial charge on any atom is 1.00 e. The van der Waals surface area contributed by atoms with Crippen molar-refractivity contribution in [2.45, 2.75) is 0 Å². The first-order valence-electron chi connectivity index (χ1n) is 1.30. The van der Waals surface area contributed by atoms with Crippen molar-refractivity contribution < 1.29 is 21.8 Å². The molecule has 0 heterocycles. The monoisotopic (exact) mass is 132 g/mol. The molecular weight excluding hydrogens is 128 g/mol. The minimum Gasteiger partial charge on any atom is -0.691 e. The van der Waals surface area contributed by atoms with Crippen molar-refractivity contribution in [1.82, 2.24) is 0 Å². The number of hydrogen-bond donors (Lipinski definition) is 0. The van der Waals surface area contributed by atoms with Crippen molar-refractivity contribution in [2.24, 2.45) is 0 Å². The largest absolute Gasteiger partial charge is 1.00 e. The molecule has 0 aromatic heterocycles. The Morgan fingerprint density at radius 1 is 1.83 bits per heavy atom. The molecule has 0 amide bonds. The van der Waals surface area contributed by atoms with Gasteiger partial charge in [-0.1, -0.05) is 0 Å². The third-order valence-electron chi connectivity index (χ3n) is 0.217. The Kier molecular flexibility index (Phi) is 13.9. The fourth-order valence-corrected chi connectivity index (χ4v) is 0.0722. The quantitative estimate of drug-likeness (QED) is 0.282. The van der Waals surface area contributed by atoms with Crippen molar-refractivity contribution in [3.8, 4) is 5.92 Å². The number of rotatable bonds is 1. The molecule has 1 nitrogen and oxygen atoms in total. The van der Waals surface area contributed by atoms with Crippen LogP contribution in [-0.4, -0.2) is 13.7 Å². The molecule has 0 saturated carbocycles. The summed E-state index contributed by atoms with van der Waals surface area (Å²) in [5.41, 5.74) is 0. The first-order valence-corrected chi connectivity index (χ1v) is 1.30. The average Bonchev–Trinajstić information content (AvgIpc) is 1.41. The van der Waals surface area contributed by atoms with Crippen LogP contribution in [0.4, 0.5) is 0 Å². The SMILES string of the molecule is [C-]#CCOC.[Cu+]. The molecule has 6 heavy (non-hydrogen) atoms. The first-order chi connectivity index (χ1) is 2.41. The summed E-state index contributed by atoms with van der Waals surface area (Å²) in [4.78, 5) is 0. The van der Waals surface area contributed by atoms with Crippen LogP contribution in [0.15, 0.2) is 0 Å². The molecule has 38 valence electrons. The van der Waals surface area contributed by atoms with E-state index in [0.29, 0.717) is 6.61 Å². The predicted molar refractivity (Wildman–Crippen MR) is 19.0 cm³/mol. The maximum atomic E-state index is 6.23. The van der Waals surface area contributed by atoms with Crippen LogP contribution >= 0.6 is 0 Å². The van der Waals surface area contributed by atoms with E-state index in [9.17, 15) is 0 Å². The third-order valence-corrected chi connectivity index (χ3v) is 0.217. The summed E-state index contributed by atoms with van der Waals surface area (Å²) in [7, 11) is 1.53. The van der Waals surface area contributed by atoms with Crippen LogP contribution in [0.2, 0.25) is 0 Å². The molecule has 0 N–H and O–H groups in total. The topological polar surface area (TPSA) is 9.23 Å². The molecule has 0 radical (unpaired) electrons. The Labute approximate surface area is 48.5 Å². The van der Waals surface area contributed by atoms with Gasteiger partial charge >= 0.3 is 17.1 Å². The summed E-state index contributed by atoms with van der Waals surface area (Å²) in [6.45, 7) is 0.306. The van der Waals surface area contributed by atoms with Gasteiger partial charge in [0.05, 0.1) is 6.61 Å². The van der Waals surface area contributed by atoms with E-state index in [4.69, 9.17) is 6.42 Å². The van der Waals surface area contributed by atoms with Crippen molar-refractivity contribution in [3.05, 3.63) is 6.42 Å². The summed E-state index contributed by atoms with van der Waals surface area (Å²) in [6, 6.07) is 0. The fourth-order valence-electron chi connectivity index (χ4n) is 0.0722. The van der Waals surface area contributed by atoms with E-state index in [2.05, 4.69) is 4.74 Å². The zero-order valence-corrected chi connectivity index (χ0v) is 4.36. The van der Waals surface area contributed by atoms with Crippen LogP contribution in [0.3, 0.4) is 0 Å². The van der Waals surface area contributed by atoms with Gasteiger partial charge in [-0.2, -0.15) is 0 Å². The van der Waals surface area contributed by atoms with Crippen LogP contribution in [0.1, 0.15) is 0 Å². The molecule has 0 saturated heterocycles. The molecule has 2 heteroatoms. The minimum absolute atomic E-state index is 0. The second-order valence-corrected chi connectivity index (χ2v) is 0.610. The molecule has 0 unspecified atom stereocenters. The Morgan fingerprint density at radius 3 is 2.33 bits per heavy atom. The van der Waals surface area contributed by atoms with E-state index in [1.54, 1.807) is 0 Å². The molecule has 0 spiro atoms. The van der Waals surface area contributed by atoms with Gasteiger partial charge in [0, 0.05) is 7.11 Å². The summed E-state index contributed by atoms with van der Waals surface area (Å²) in [5, 5.41) is 0. The Balaban J connectivity index is 0. The van der Waals surface area contributed by atoms with E-state index >= 15 is 0 Å². The molecule has 0 aliphatic rings. The fraction of sp³-hybridized carbons (Fsp3) is 0.500. The Bertz CT molecular complexity index is 46.0. The van der Waals surface area contributed by atoms with E-state index in [0.717, 1.165) is 0 Å². The Morgan fingerprint density at radius 2 is 2.33 bits per heavy atom. The molecule has 0 aromatic rings. The molecular formula is C4H5CuO. The van der Waals surface area contributed by atoms with Gasteiger partial charge in [0.25, 0.3) is 0 Å². The smallest absolute Gasteiger partial charge is 0.691 e. The first kappa shape index (κ1) is 9.40. The number of ether oxygens (including phenoxy) is 1. The maximum absolute atomic E-state index is 6.23. The van der Waals surface area contributed by atoms with E-state index in [-0.39, 0.29) is 17.1 Å². The van der Waals surface area contributed by atoms with E-state index in [1.165, 1.54) is 7.11 Å². The molecule has 0 aliphatic carbocycles. The zero-order valence-electron chi connectivity index (χ0n) is 3.42. The van der Waals surface area contributed by atoms with E-state index < -0.39 is 0 Å². The van der Waals surface area contributed by atoms with Crippen molar-refractivity contribution in [3.63, 3.8) is 0 Å². The van der Waals surface area contributed by atoms with Gasteiger partial charge in [-0.3, -0.25) is 0 Å². The standard InChI is InChI=1S/C4H5O.Cu/c1-3-4-5-2;/h4H2,2H3;/q-1;+1. The molecule has 0 fully saturated rings. The summed E-state index contributed by atoms with van der Waals surface area (Å²) >= 11 is 0. The molecule has 0 rings (SSSR count). The molecule has 0 aliphatic heterocycles. The van der Waals surface area contributed by atoms with Gasteiger partial charge in [-0.05, 0) is 0 Å². The van der Waals surface area contributed by atoms with Crippen LogP contribution in [0, 0.1) is 12.3 Å². The second kappa shape index (κ2) is 8.90. The van der Waals surface area contributed by atoms with Gasteiger partial charge in [0.15, 0.2) is 0 Å². The minimum atomic E-state index is 0. The third kappa shape index (κ3) is 8.97. The van der Waals surface area contributed by atoms with Crippen molar-refractivity contribution in [1.29, 1.82) is 0 Å². The van der Waals surface area contributed by atoms with Crippen LogP contribution < -0.4 is 0 Å². The van der Waals surface area contributed by atoms with E-state index in [1.807, 2.05) is 5.92 Å². The normalized spacial score (nSPS) is 5.33. The molecule has 0 bridgehead atoms. The van der Waals surface area contributed by atoms with Crippen molar-refractivity contribution >= 4 is 0 Å². The van der Waals surface area contributed by atoms with Gasteiger partial charge < -0.3 is 17.1 Å². The van der Waals surface area contributed by atoms with Gasteiger partial charge in [-0.15, -0.1) is 0 Å². The number of methoxy groups -OCH3 is 1. The van der Waals surface area contributed by atoms with Gasteiger partial charge in [0.1, 0.15) is 0 Å². The summed E-state index contributed by atoms with van der Waals surface area (Å²) in [6.07, 6.45) is 6.23. The van der Waals surface area contributed by atoms with Crippen LogP contribution in [0.25, 0.3) is 0 Å². The van der Waals surface area contributed by atoms with Crippen LogP contribution in [-0.2, 0) is 21.8 Å².